The highest BCUT2D eigenvalue weighted by Gasteiger charge is 2.30. The number of anilines is 1. The van der Waals surface area contributed by atoms with E-state index in [1.807, 2.05) is 12.1 Å². The Morgan fingerprint density at radius 3 is 2.48 bits per heavy atom. The van der Waals surface area contributed by atoms with Crippen LogP contribution in [0.4, 0.5) is 5.82 Å². The van der Waals surface area contributed by atoms with E-state index < -0.39 is 10.0 Å². The summed E-state index contributed by atoms with van der Waals surface area (Å²) in [6.45, 7) is 3.81. The molecule has 0 N–H and O–H groups in total. The number of rotatable bonds is 4. The van der Waals surface area contributed by atoms with Crippen LogP contribution in [-0.4, -0.2) is 63.8 Å². The average molecular weight is 446 g/mol. The van der Waals surface area contributed by atoms with Crippen molar-refractivity contribution in [3.63, 3.8) is 0 Å². The smallest absolute Gasteiger partial charge is 0.244 e. The third-order valence-electron chi connectivity index (χ3n) is 6.03. The summed E-state index contributed by atoms with van der Waals surface area (Å²) in [6.07, 6.45) is 4.41. The monoisotopic (exact) mass is 445 g/mol. The van der Waals surface area contributed by atoms with E-state index in [0.29, 0.717) is 39.5 Å². The zero-order valence-electron chi connectivity index (χ0n) is 17.4. The van der Waals surface area contributed by atoms with Crippen molar-refractivity contribution >= 4 is 15.8 Å². The van der Waals surface area contributed by atoms with E-state index in [9.17, 15) is 8.42 Å². The van der Waals surface area contributed by atoms with Crippen LogP contribution in [0.1, 0.15) is 30.9 Å². The lowest BCUT2D eigenvalue weighted by atomic mass is 10.0. The maximum atomic E-state index is 12.9. The molecule has 8 nitrogen and oxygen atoms in total. The van der Waals surface area contributed by atoms with Gasteiger partial charge in [0.15, 0.2) is 11.5 Å². The first-order valence-corrected chi connectivity index (χ1v) is 12.3. The normalized spacial score (nSPS) is 22.3. The molecule has 2 fully saturated rings. The fourth-order valence-electron chi connectivity index (χ4n) is 4.41. The summed E-state index contributed by atoms with van der Waals surface area (Å²) < 4.78 is 44.1. The molecule has 2 saturated heterocycles. The van der Waals surface area contributed by atoms with Gasteiger partial charge in [0, 0.05) is 32.3 Å². The van der Waals surface area contributed by atoms with Crippen molar-refractivity contribution in [1.82, 2.24) is 9.29 Å². The standard InChI is InChI=1S/C22H27N3O5S/c26-31(27,24-9-13-28-14-10-24)18-5-7-22(23-16-18)25-8-1-3-19(25)17-4-6-20-21(15-17)30-12-2-11-29-20/h4-7,15-16,19H,1-3,8-14H2. The summed E-state index contributed by atoms with van der Waals surface area (Å²) in [5.74, 6) is 2.37. The highest BCUT2D eigenvalue weighted by Crippen LogP contribution is 2.39. The van der Waals surface area contributed by atoms with E-state index >= 15 is 0 Å². The van der Waals surface area contributed by atoms with Crippen LogP contribution in [0.3, 0.4) is 0 Å². The molecule has 0 amide bonds. The summed E-state index contributed by atoms with van der Waals surface area (Å²) in [5, 5.41) is 0. The molecule has 0 saturated carbocycles. The van der Waals surface area contributed by atoms with Crippen LogP contribution in [-0.2, 0) is 14.8 Å². The van der Waals surface area contributed by atoms with Crippen LogP contribution in [0.5, 0.6) is 11.5 Å². The molecule has 3 aliphatic rings. The maximum absolute atomic E-state index is 12.9. The van der Waals surface area contributed by atoms with Crippen molar-refractivity contribution < 1.29 is 22.6 Å². The molecule has 1 aromatic heterocycles. The van der Waals surface area contributed by atoms with Crippen molar-refractivity contribution in [1.29, 1.82) is 0 Å². The number of hydrogen-bond acceptors (Lipinski definition) is 7. The van der Waals surface area contributed by atoms with Gasteiger partial charge in [0.05, 0.1) is 32.5 Å². The quantitative estimate of drug-likeness (QED) is 0.716. The molecule has 4 heterocycles. The predicted molar refractivity (Wildman–Crippen MR) is 115 cm³/mol. The number of morpholine rings is 1. The molecule has 0 bridgehead atoms. The Balaban J connectivity index is 1.37. The average Bonchev–Trinajstić information content (AvgIpc) is 3.18. The molecular weight excluding hydrogens is 418 g/mol. The van der Waals surface area contributed by atoms with E-state index in [0.717, 1.165) is 48.7 Å². The summed E-state index contributed by atoms with van der Waals surface area (Å²) in [5.41, 5.74) is 1.16. The molecule has 0 aliphatic carbocycles. The van der Waals surface area contributed by atoms with Gasteiger partial charge in [0.1, 0.15) is 10.7 Å². The fourth-order valence-corrected chi connectivity index (χ4v) is 5.76. The van der Waals surface area contributed by atoms with E-state index in [1.54, 1.807) is 6.07 Å². The Bertz CT molecular complexity index is 1020. The van der Waals surface area contributed by atoms with E-state index in [-0.39, 0.29) is 10.9 Å². The topological polar surface area (TPSA) is 81.2 Å². The second kappa shape index (κ2) is 8.64. The van der Waals surface area contributed by atoms with Crippen LogP contribution >= 0.6 is 0 Å². The molecule has 1 atom stereocenters. The zero-order chi connectivity index (χ0) is 21.3. The minimum atomic E-state index is -3.54. The van der Waals surface area contributed by atoms with Gasteiger partial charge in [0.25, 0.3) is 0 Å². The van der Waals surface area contributed by atoms with Crippen LogP contribution in [0.25, 0.3) is 0 Å². The number of fused-ring (bicyclic) bond motifs is 1. The summed E-state index contributed by atoms with van der Waals surface area (Å²) in [4.78, 5) is 7.00. The van der Waals surface area contributed by atoms with Gasteiger partial charge >= 0.3 is 0 Å². The minimum absolute atomic E-state index is 0.173. The molecule has 5 rings (SSSR count). The van der Waals surface area contributed by atoms with E-state index in [1.165, 1.54) is 10.5 Å². The van der Waals surface area contributed by atoms with Gasteiger partial charge in [-0.15, -0.1) is 0 Å². The Hall–Kier alpha value is -2.36. The van der Waals surface area contributed by atoms with Crippen LogP contribution in [0, 0.1) is 0 Å². The number of nitrogens with zero attached hydrogens (tertiary/aromatic N) is 3. The van der Waals surface area contributed by atoms with Crippen molar-refractivity contribution in [3.8, 4) is 11.5 Å². The van der Waals surface area contributed by atoms with Gasteiger partial charge in [-0.05, 0) is 42.7 Å². The molecule has 9 heteroatoms. The molecule has 2 aromatic rings. The first-order chi connectivity index (χ1) is 15.1. The number of benzene rings is 1. The second-order valence-corrected chi connectivity index (χ2v) is 9.91. The Morgan fingerprint density at radius 2 is 1.71 bits per heavy atom. The number of aromatic nitrogens is 1. The molecule has 0 radical (unpaired) electrons. The SMILES string of the molecule is O=S(=O)(c1ccc(N2CCCC2c2ccc3c(c2)OCCCO3)nc1)N1CCOCC1. The van der Waals surface area contributed by atoms with Crippen molar-refractivity contribution in [2.24, 2.45) is 0 Å². The second-order valence-electron chi connectivity index (χ2n) is 7.98. The Morgan fingerprint density at radius 1 is 0.903 bits per heavy atom. The lowest BCUT2D eigenvalue weighted by Crippen LogP contribution is -2.40. The third kappa shape index (κ3) is 4.09. The summed E-state index contributed by atoms with van der Waals surface area (Å²) in [6, 6.07) is 9.80. The van der Waals surface area contributed by atoms with E-state index in [4.69, 9.17) is 14.2 Å². The van der Waals surface area contributed by atoms with Crippen molar-refractivity contribution in [3.05, 3.63) is 42.1 Å². The molecule has 0 spiro atoms. The number of sulfonamides is 1. The molecule has 3 aliphatic heterocycles. The van der Waals surface area contributed by atoms with Crippen LogP contribution in [0.15, 0.2) is 41.4 Å². The Labute approximate surface area is 182 Å². The van der Waals surface area contributed by atoms with Gasteiger partial charge in [-0.25, -0.2) is 13.4 Å². The lowest BCUT2D eigenvalue weighted by molar-refractivity contribution is 0.0730. The number of hydrogen-bond donors (Lipinski definition) is 0. The number of ether oxygens (including phenoxy) is 3. The largest absolute Gasteiger partial charge is 0.490 e. The first-order valence-electron chi connectivity index (χ1n) is 10.8. The van der Waals surface area contributed by atoms with Gasteiger partial charge in [-0.3, -0.25) is 0 Å². The van der Waals surface area contributed by atoms with E-state index in [2.05, 4.69) is 22.0 Å². The summed E-state index contributed by atoms with van der Waals surface area (Å²) >= 11 is 0. The maximum Gasteiger partial charge on any atom is 0.244 e. The lowest BCUT2D eigenvalue weighted by Gasteiger charge is -2.28. The molecular formula is C22H27N3O5S. The number of pyridine rings is 1. The van der Waals surface area contributed by atoms with Gasteiger partial charge in [0.2, 0.25) is 10.0 Å². The van der Waals surface area contributed by atoms with Gasteiger partial charge < -0.3 is 19.1 Å². The zero-order valence-corrected chi connectivity index (χ0v) is 18.2. The predicted octanol–water partition coefficient (Wildman–Crippen LogP) is 2.61. The highest BCUT2D eigenvalue weighted by atomic mass is 32.2. The molecule has 1 unspecified atom stereocenters. The Kier molecular flexibility index (Phi) is 5.73. The molecule has 1 aromatic carbocycles. The third-order valence-corrected chi connectivity index (χ3v) is 7.91. The van der Waals surface area contributed by atoms with Gasteiger partial charge in [-0.2, -0.15) is 4.31 Å². The van der Waals surface area contributed by atoms with Crippen molar-refractivity contribution in [2.75, 3.05) is 51.0 Å². The summed E-state index contributed by atoms with van der Waals surface area (Å²) in [7, 11) is -3.54. The molecule has 31 heavy (non-hydrogen) atoms. The highest BCUT2D eigenvalue weighted by molar-refractivity contribution is 7.89. The fraction of sp³-hybridized carbons (Fsp3) is 0.500. The minimum Gasteiger partial charge on any atom is -0.490 e. The first kappa shape index (κ1) is 20.5. The van der Waals surface area contributed by atoms with Crippen molar-refractivity contribution in [2.45, 2.75) is 30.2 Å². The van der Waals surface area contributed by atoms with Crippen LogP contribution in [0.2, 0.25) is 0 Å². The molecule has 166 valence electrons. The van der Waals surface area contributed by atoms with Crippen LogP contribution < -0.4 is 14.4 Å². The van der Waals surface area contributed by atoms with Gasteiger partial charge in [-0.1, -0.05) is 6.07 Å².